The van der Waals surface area contributed by atoms with Crippen molar-refractivity contribution in [3.63, 3.8) is 0 Å². The monoisotopic (exact) mass is 353 g/mol. The Balaban J connectivity index is 2.18. The van der Waals surface area contributed by atoms with Gasteiger partial charge in [-0.05, 0) is 36.4 Å². The fourth-order valence-corrected chi connectivity index (χ4v) is 2.50. The van der Waals surface area contributed by atoms with E-state index in [2.05, 4.69) is 9.71 Å². The second-order valence-electron chi connectivity index (χ2n) is 4.63. The van der Waals surface area contributed by atoms with Crippen LogP contribution in [0.25, 0.3) is 0 Å². The molecule has 0 aliphatic rings. The van der Waals surface area contributed by atoms with E-state index in [0.29, 0.717) is 16.9 Å². The molecule has 2 aromatic carbocycles. The summed E-state index contributed by atoms with van der Waals surface area (Å²) in [4.78, 5) is 14.3. The molecule has 0 aliphatic carbocycles. The highest BCUT2D eigenvalue weighted by molar-refractivity contribution is 7.92. The fraction of sp³-hybridized carbons (Fsp3) is 0.0714. The fourth-order valence-electron chi connectivity index (χ4n) is 1.72. The number of anilines is 1. The Morgan fingerprint density at radius 3 is 2.17 bits per heavy atom. The third-order valence-corrected chi connectivity index (χ3v) is 3.62. The normalized spacial score (nSPS) is 12.0. The van der Waals surface area contributed by atoms with Gasteiger partial charge in [0.2, 0.25) is 10.0 Å². The highest BCUT2D eigenvalue weighted by Crippen LogP contribution is 2.20. The molecule has 0 radical (unpaired) electrons. The van der Waals surface area contributed by atoms with Gasteiger partial charge in [-0.1, -0.05) is 11.6 Å². The van der Waals surface area contributed by atoms with Crippen LogP contribution in [0.2, 0.25) is 0 Å². The molecule has 0 aliphatic heterocycles. The molecule has 2 aromatic rings. The maximum Gasteiger partial charge on any atom is 0.269 e. The molecule has 1 N–H and O–H groups in total. The van der Waals surface area contributed by atoms with Crippen LogP contribution in [-0.4, -0.2) is 24.8 Å². The molecule has 23 heavy (non-hydrogen) atoms. The average molecular weight is 354 g/mol. The summed E-state index contributed by atoms with van der Waals surface area (Å²) in [5.74, 6) is 0. The van der Waals surface area contributed by atoms with Gasteiger partial charge in [0, 0.05) is 23.4 Å². The van der Waals surface area contributed by atoms with Gasteiger partial charge in [-0.2, -0.15) is 0 Å². The van der Waals surface area contributed by atoms with Crippen LogP contribution in [0, 0.1) is 10.1 Å². The van der Waals surface area contributed by atoms with E-state index in [9.17, 15) is 18.5 Å². The molecular weight excluding hydrogens is 342 g/mol. The van der Waals surface area contributed by atoms with E-state index in [1.165, 1.54) is 24.3 Å². The van der Waals surface area contributed by atoms with Gasteiger partial charge in [-0.15, -0.1) is 0 Å². The lowest BCUT2D eigenvalue weighted by Gasteiger charge is -2.04. The molecule has 0 fully saturated rings. The second kappa shape index (κ2) is 6.76. The lowest BCUT2D eigenvalue weighted by molar-refractivity contribution is -0.384. The number of benzene rings is 2. The standard InChI is InChI=1S/C14H12ClN3O4S/c1-23(21,22)17-12-6-4-11(5-7-12)16-14(15)10-2-8-13(9-3-10)18(19)20/h2-9,17H,1H3/b16-14-. The Hall–Kier alpha value is -2.45. The van der Waals surface area contributed by atoms with Crippen molar-refractivity contribution >= 4 is 43.9 Å². The number of hydrogen-bond donors (Lipinski definition) is 1. The van der Waals surface area contributed by atoms with Crippen LogP contribution in [-0.2, 0) is 10.0 Å². The summed E-state index contributed by atoms with van der Waals surface area (Å²) in [6, 6.07) is 12.0. The van der Waals surface area contributed by atoms with E-state index in [1.54, 1.807) is 24.3 Å². The highest BCUT2D eigenvalue weighted by Gasteiger charge is 2.07. The first kappa shape index (κ1) is 16.9. The number of nitrogens with one attached hydrogen (secondary N) is 1. The molecule has 7 nitrogen and oxygen atoms in total. The van der Waals surface area contributed by atoms with E-state index in [1.807, 2.05) is 0 Å². The summed E-state index contributed by atoms with van der Waals surface area (Å²) in [7, 11) is -3.33. The van der Waals surface area contributed by atoms with E-state index in [4.69, 9.17) is 11.6 Å². The van der Waals surface area contributed by atoms with Gasteiger partial charge < -0.3 is 0 Å². The number of sulfonamides is 1. The van der Waals surface area contributed by atoms with Crippen molar-refractivity contribution in [2.24, 2.45) is 4.99 Å². The van der Waals surface area contributed by atoms with E-state index in [-0.39, 0.29) is 10.9 Å². The molecule has 0 saturated carbocycles. The molecule has 120 valence electrons. The lowest BCUT2D eigenvalue weighted by Crippen LogP contribution is -2.09. The molecule has 0 amide bonds. The Labute approximate surface area is 137 Å². The Morgan fingerprint density at radius 1 is 1.13 bits per heavy atom. The Kier molecular flexibility index (Phi) is 4.97. The molecular formula is C14H12ClN3O4S. The summed E-state index contributed by atoms with van der Waals surface area (Å²) in [5.41, 5.74) is 1.44. The van der Waals surface area contributed by atoms with Crippen LogP contribution in [0.5, 0.6) is 0 Å². The van der Waals surface area contributed by atoms with Crippen LogP contribution in [0.4, 0.5) is 17.1 Å². The minimum atomic E-state index is -3.33. The van der Waals surface area contributed by atoms with Crippen molar-refractivity contribution in [2.75, 3.05) is 11.0 Å². The van der Waals surface area contributed by atoms with Crippen LogP contribution in [0.3, 0.4) is 0 Å². The average Bonchev–Trinajstić information content (AvgIpc) is 2.48. The van der Waals surface area contributed by atoms with Crippen LogP contribution in [0.1, 0.15) is 5.56 Å². The molecule has 0 unspecified atom stereocenters. The first-order valence-electron chi connectivity index (χ1n) is 6.31. The maximum absolute atomic E-state index is 11.1. The predicted molar refractivity (Wildman–Crippen MR) is 90.1 cm³/mol. The van der Waals surface area contributed by atoms with Crippen molar-refractivity contribution in [3.8, 4) is 0 Å². The molecule has 0 bridgehead atoms. The van der Waals surface area contributed by atoms with Gasteiger partial charge in [-0.25, -0.2) is 13.4 Å². The molecule has 0 aromatic heterocycles. The summed E-state index contributed by atoms with van der Waals surface area (Å²) in [6.45, 7) is 0. The van der Waals surface area contributed by atoms with Gasteiger partial charge in [-0.3, -0.25) is 14.8 Å². The predicted octanol–water partition coefficient (Wildman–Crippen LogP) is 3.28. The molecule has 2 rings (SSSR count). The number of nitrogens with zero attached hydrogens (tertiary/aromatic N) is 2. The summed E-state index contributed by atoms with van der Waals surface area (Å²) >= 11 is 6.09. The first-order valence-corrected chi connectivity index (χ1v) is 8.58. The minimum absolute atomic E-state index is 0.0329. The van der Waals surface area contributed by atoms with E-state index < -0.39 is 14.9 Å². The molecule has 9 heteroatoms. The zero-order valence-electron chi connectivity index (χ0n) is 11.9. The van der Waals surface area contributed by atoms with Crippen molar-refractivity contribution in [1.29, 1.82) is 0 Å². The van der Waals surface area contributed by atoms with Crippen LogP contribution >= 0.6 is 11.6 Å². The van der Waals surface area contributed by atoms with Crippen molar-refractivity contribution in [3.05, 3.63) is 64.2 Å². The summed E-state index contributed by atoms with van der Waals surface area (Å²) in [6.07, 6.45) is 1.06. The number of halogens is 1. The molecule has 0 atom stereocenters. The van der Waals surface area contributed by atoms with E-state index >= 15 is 0 Å². The van der Waals surface area contributed by atoms with Gasteiger partial charge in [0.05, 0.1) is 16.9 Å². The third-order valence-electron chi connectivity index (χ3n) is 2.71. The SMILES string of the molecule is CS(=O)(=O)Nc1ccc(/N=C(\Cl)c2ccc([N+](=O)[O-])cc2)cc1. The Morgan fingerprint density at radius 2 is 1.70 bits per heavy atom. The third kappa shape index (κ3) is 5.04. The van der Waals surface area contributed by atoms with Crippen LogP contribution in [0.15, 0.2) is 53.5 Å². The lowest BCUT2D eigenvalue weighted by atomic mass is 10.2. The van der Waals surface area contributed by atoms with Gasteiger partial charge in [0.25, 0.3) is 5.69 Å². The van der Waals surface area contributed by atoms with Crippen molar-refractivity contribution in [1.82, 2.24) is 0 Å². The Bertz CT molecular complexity index is 847. The zero-order chi connectivity index (χ0) is 17.0. The van der Waals surface area contributed by atoms with Gasteiger partial charge >= 0.3 is 0 Å². The molecule has 0 saturated heterocycles. The van der Waals surface area contributed by atoms with Gasteiger partial charge in [0.15, 0.2) is 0 Å². The largest absolute Gasteiger partial charge is 0.284 e. The number of aliphatic imine (C=N–C) groups is 1. The van der Waals surface area contributed by atoms with Gasteiger partial charge in [0.1, 0.15) is 5.17 Å². The molecule has 0 spiro atoms. The minimum Gasteiger partial charge on any atom is -0.284 e. The smallest absolute Gasteiger partial charge is 0.269 e. The number of rotatable bonds is 5. The topological polar surface area (TPSA) is 102 Å². The van der Waals surface area contributed by atoms with Crippen molar-refractivity contribution in [2.45, 2.75) is 0 Å². The van der Waals surface area contributed by atoms with E-state index in [0.717, 1.165) is 6.26 Å². The molecule has 0 heterocycles. The first-order chi connectivity index (χ1) is 10.7. The number of nitro groups is 1. The number of non-ortho nitro benzene ring substituents is 1. The van der Waals surface area contributed by atoms with Crippen LogP contribution < -0.4 is 4.72 Å². The summed E-state index contributed by atoms with van der Waals surface area (Å²) < 4.78 is 24.6. The highest BCUT2D eigenvalue weighted by atomic mass is 35.5. The zero-order valence-corrected chi connectivity index (χ0v) is 13.5. The van der Waals surface area contributed by atoms with Crippen molar-refractivity contribution < 1.29 is 13.3 Å². The number of hydrogen-bond acceptors (Lipinski definition) is 5. The number of nitro benzene ring substituents is 1. The maximum atomic E-state index is 11.1. The second-order valence-corrected chi connectivity index (χ2v) is 6.73. The summed E-state index contributed by atoms with van der Waals surface area (Å²) in [5, 5.41) is 10.8. The quantitative estimate of drug-likeness (QED) is 0.506.